The van der Waals surface area contributed by atoms with Gasteiger partial charge in [-0.2, -0.15) is 0 Å². The standard InChI is InChI=1S/C47H49N5O9S/c1-47(2,3)31-25-39(44(60-5)40(26-31)52-62(6,57)58)51-46(56)50-38-17-18-42(35-10-8-7-9-34(35)38)61-33-19-20-49-32(27-33)21-30-15-16-36(43(24-30)59-4)41(53)23-29-13-11-28(12-14-29)22-37(48)45(54)55/h7-20,24-27,37,52H,21-23,48H2,1-6H3,(H,54,55)(H2,50,51,56)/t37-/m1/s1. The number of pyridine rings is 1. The lowest BCUT2D eigenvalue weighted by Crippen LogP contribution is -2.32. The predicted molar refractivity (Wildman–Crippen MR) is 241 cm³/mol. The van der Waals surface area contributed by atoms with Crippen LogP contribution >= 0.6 is 0 Å². The lowest BCUT2D eigenvalue weighted by molar-refractivity contribution is -0.138. The van der Waals surface area contributed by atoms with Crippen LogP contribution in [0, 0.1) is 0 Å². The van der Waals surface area contributed by atoms with E-state index >= 15 is 0 Å². The summed E-state index contributed by atoms with van der Waals surface area (Å²) in [6.45, 7) is 5.93. The van der Waals surface area contributed by atoms with Gasteiger partial charge in [0.1, 0.15) is 23.3 Å². The summed E-state index contributed by atoms with van der Waals surface area (Å²) in [5, 5.41) is 16.3. The summed E-state index contributed by atoms with van der Waals surface area (Å²) in [6.07, 6.45) is 3.45. The Bertz CT molecular complexity index is 2750. The molecule has 0 radical (unpaired) electrons. The van der Waals surface area contributed by atoms with Crippen molar-refractivity contribution in [1.82, 2.24) is 4.98 Å². The molecule has 1 atom stereocenters. The highest BCUT2D eigenvalue weighted by molar-refractivity contribution is 7.92. The number of sulfonamides is 1. The number of carboxylic acids is 1. The highest BCUT2D eigenvalue weighted by Gasteiger charge is 2.23. The molecule has 1 aromatic heterocycles. The molecule has 2 amide bonds. The molecule has 0 saturated heterocycles. The van der Waals surface area contributed by atoms with Crippen molar-refractivity contribution in [2.75, 3.05) is 35.8 Å². The summed E-state index contributed by atoms with van der Waals surface area (Å²) >= 11 is 0. The third kappa shape index (κ3) is 11.2. The Labute approximate surface area is 360 Å². The Morgan fingerprint density at radius 1 is 0.774 bits per heavy atom. The Morgan fingerprint density at radius 2 is 1.44 bits per heavy atom. The number of carbonyl (C=O) groups excluding carboxylic acids is 2. The molecule has 6 N–H and O–H groups in total. The quantitative estimate of drug-likeness (QED) is 0.0585. The number of fused-ring (bicyclic) bond motifs is 1. The number of carboxylic acid groups (broad SMARTS) is 1. The number of hydrogen-bond donors (Lipinski definition) is 5. The van der Waals surface area contributed by atoms with Crippen LogP contribution in [0.15, 0.2) is 109 Å². The fourth-order valence-corrected chi connectivity index (χ4v) is 7.39. The second-order valence-electron chi connectivity index (χ2n) is 15.8. The SMILES string of the molecule is COc1cc(Cc2cc(Oc3ccc(NC(=O)Nc4cc(C(C)(C)C)cc(NS(C)(=O)=O)c4OC)c4ccccc34)ccn2)ccc1C(=O)Cc1ccc(C[C@@H](N)C(=O)O)cc1. The van der Waals surface area contributed by atoms with E-state index in [2.05, 4.69) is 20.3 Å². The van der Waals surface area contributed by atoms with Gasteiger partial charge < -0.3 is 35.7 Å². The molecule has 6 rings (SSSR count). The molecule has 0 saturated carbocycles. The number of benzene rings is 5. The minimum atomic E-state index is -3.65. The molecule has 5 aromatic carbocycles. The van der Waals surface area contributed by atoms with Crippen LogP contribution in [0.2, 0.25) is 0 Å². The first kappa shape index (κ1) is 44.6. The van der Waals surface area contributed by atoms with Crippen LogP contribution in [0.3, 0.4) is 0 Å². The van der Waals surface area contributed by atoms with Crippen molar-refractivity contribution in [3.63, 3.8) is 0 Å². The zero-order valence-electron chi connectivity index (χ0n) is 35.2. The maximum absolute atomic E-state index is 13.5. The van der Waals surface area contributed by atoms with E-state index in [4.69, 9.17) is 25.1 Å². The van der Waals surface area contributed by atoms with Crippen molar-refractivity contribution in [1.29, 1.82) is 0 Å². The van der Waals surface area contributed by atoms with Crippen molar-refractivity contribution in [2.45, 2.75) is 51.5 Å². The van der Waals surface area contributed by atoms with Gasteiger partial charge in [0.25, 0.3) is 0 Å². The first-order valence-electron chi connectivity index (χ1n) is 19.6. The van der Waals surface area contributed by atoms with Crippen molar-refractivity contribution < 1.29 is 42.1 Å². The van der Waals surface area contributed by atoms with Gasteiger partial charge in [0.15, 0.2) is 11.5 Å². The number of amides is 2. The number of methoxy groups -OCH3 is 2. The van der Waals surface area contributed by atoms with E-state index in [1.807, 2.05) is 63.2 Å². The van der Waals surface area contributed by atoms with E-state index in [1.165, 1.54) is 14.2 Å². The highest BCUT2D eigenvalue weighted by Crippen LogP contribution is 2.40. The van der Waals surface area contributed by atoms with Crippen molar-refractivity contribution in [2.24, 2.45) is 5.73 Å². The second-order valence-corrected chi connectivity index (χ2v) is 17.6. The van der Waals surface area contributed by atoms with Gasteiger partial charge in [-0.05, 0) is 76.6 Å². The van der Waals surface area contributed by atoms with Gasteiger partial charge in [-0.15, -0.1) is 0 Å². The minimum absolute atomic E-state index is 0.129. The number of nitrogens with zero attached hydrogens (tertiary/aromatic N) is 1. The summed E-state index contributed by atoms with van der Waals surface area (Å²) in [4.78, 5) is 42.5. The molecule has 0 aliphatic carbocycles. The second kappa shape index (κ2) is 18.7. The zero-order valence-corrected chi connectivity index (χ0v) is 36.1. The average Bonchev–Trinajstić information content (AvgIpc) is 3.21. The number of aromatic nitrogens is 1. The highest BCUT2D eigenvalue weighted by atomic mass is 32.2. The molecule has 6 aromatic rings. The molecular formula is C47H49N5O9S. The molecule has 14 nitrogen and oxygen atoms in total. The fraction of sp³-hybridized carbons (Fsp3) is 0.234. The van der Waals surface area contributed by atoms with Crippen molar-refractivity contribution in [3.8, 4) is 23.0 Å². The monoisotopic (exact) mass is 859 g/mol. The average molecular weight is 860 g/mol. The largest absolute Gasteiger partial charge is 0.496 e. The number of ketones is 1. The van der Waals surface area contributed by atoms with Gasteiger partial charge in [-0.3, -0.25) is 19.3 Å². The van der Waals surface area contributed by atoms with Gasteiger partial charge in [-0.1, -0.05) is 75.4 Å². The third-order valence-electron chi connectivity index (χ3n) is 9.96. The smallest absolute Gasteiger partial charge is 0.323 e. The maximum atomic E-state index is 13.5. The molecule has 1 heterocycles. The van der Waals surface area contributed by atoms with E-state index in [-0.39, 0.29) is 41.2 Å². The summed E-state index contributed by atoms with van der Waals surface area (Å²) in [7, 11) is -0.741. The molecule has 0 fully saturated rings. The van der Waals surface area contributed by atoms with Crippen LogP contribution in [0.25, 0.3) is 10.8 Å². The fourth-order valence-electron chi connectivity index (χ4n) is 6.84. The Hall–Kier alpha value is -6.97. The summed E-state index contributed by atoms with van der Waals surface area (Å²) in [5.74, 6) is 0.479. The maximum Gasteiger partial charge on any atom is 0.323 e. The first-order valence-corrected chi connectivity index (χ1v) is 21.5. The van der Waals surface area contributed by atoms with Crippen LogP contribution in [0.5, 0.6) is 23.0 Å². The molecule has 0 aliphatic heterocycles. The van der Waals surface area contributed by atoms with E-state index in [0.29, 0.717) is 46.0 Å². The topological polar surface area (TPSA) is 208 Å². The molecule has 0 spiro atoms. The molecule has 0 bridgehead atoms. The van der Waals surface area contributed by atoms with Crippen LogP contribution in [-0.2, 0) is 39.5 Å². The van der Waals surface area contributed by atoms with Gasteiger partial charge in [0, 0.05) is 41.6 Å². The number of nitrogens with two attached hydrogens (primary N) is 1. The van der Waals surface area contributed by atoms with E-state index in [0.717, 1.165) is 33.9 Å². The first-order chi connectivity index (χ1) is 29.4. The zero-order chi connectivity index (χ0) is 44.8. The normalized spacial score (nSPS) is 12.0. The summed E-state index contributed by atoms with van der Waals surface area (Å²) in [6, 6.07) is 29.0. The number of urea groups is 1. The number of rotatable bonds is 16. The van der Waals surface area contributed by atoms with Crippen molar-refractivity contribution >= 4 is 55.6 Å². The number of nitrogens with one attached hydrogen (secondary N) is 3. The summed E-state index contributed by atoms with van der Waals surface area (Å²) < 4.78 is 44.5. The number of aliphatic carboxylic acids is 1. The van der Waals surface area contributed by atoms with Gasteiger partial charge in [-0.25, -0.2) is 13.2 Å². The van der Waals surface area contributed by atoms with Gasteiger partial charge in [0.2, 0.25) is 10.0 Å². The molecule has 0 unspecified atom stereocenters. The molecule has 322 valence electrons. The van der Waals surface area contributed by atoms with E-state index in [1.54, 1.807) is 66.9 Å². The lowest BCUT2D eigenvalue weighted by atomic mass is 9.86. The minimum Gasteiger partial charge on any atom is -0.496 e. The number of anilines is 3. The lowest BCUT2D eigenvalue weighted by Gasteiger charge is -2.24. The Balaban J connectivity index is 1.15. The van der Waals surface area contributed by atoms with E-state index < -0.39 is 28.1 Å². The molecule has 15 heteroatoms. The Kier molecular flexibility index (Phi) is 13.5. The van der Waals surface area contributed by atoms with Crippen LogP contribution in [-0.4, -0.2) is 62.8 Å². The predicted octanol–water partition coefficient (Wildman–Crippen LogP) is 8.33. The third-order valence-corrected chi connectivity index (χ3v) is 10.6. The van der Waals surface area contributed by atoms with Crippen molar-refractivity contribution in [3.05, 3.63) is 143 Å². The van der Waals surface area contributed by atoms with Crippen LogP contribution in [0.1, 0.15) is 59.1 Å². The molecular weight excluding hydrogens is 811 g/mol. The van der Waals surface area contributed by atoms with Gasteiger partial charge in [0.05, 0.1) is 43.1 Å². The molecule has 62 heavy (non-hydrogen) atoms. The van der Waals surface area contributed by atoms with Crippen LogP contribution in [0.4, 0.5) is 21.9 Å². The Morgan fingerprint density at radius 3 is 2.10 bits per heavy atom. The van der Waals surface area contributed by atoms with E-state index in [9.17, 15) is 22.8 Å². The number of ether oxygens (including phenoxy) is 3. The number of Topliss-reactive ketones (excluding diaryl/α,β-unsaturated/α-hetero) is 1. The summed E-state index contributed by atoms with van der Waals surface area (Å²) in [5.41, 5.74) is 10.6. The van der Waals surface area contributed by atoms with Crippen LogP contribution < -0.4 is 35.3 Å². The molecule has 0 aliphatic rings. The number of hydrogen-bond acceptors (Lipinski definition) is 10. The van der Waals surface area contributed by atoms with Gasteiger partial charge >= 0.3 is 12.0 Å². The number of carbonyl (C=O) groups is 3.